The largest absolute Gasteiger partial charge is 0.398 e. The second kappa shape index (κ2) is 7.85. The van der Waals surface area contributed by atoms with E-state index in [1.54, 1.807) is 7.11 Å². The van der Waals surface area contributed by atoms with Crippen LogP contribution in [0.2, 0.25) is 0 Å². The predicted octanol–water partition coefficient (Wildman–Crippen LogP) is 0.668. The quantitative estimate of drug-likeness (QED) is 0.571. The van der Waals surface area contributed by atoms with Gasteiger partial charge in [0.1, 0.15) is 11.6 Å². The van der Waals surface area contributed by atoms with Crippen LogP contribution in [0.4, 0.5) is 10.1 Å². The summed E-state index contributed by atoms with van der Waals surface area (Å²) in [4.78, 5) is 11.8. The lowest BCUT2D eigenvalue weighted by molar-refractivity contribution is -0.118. The summed E-state index contributed by atoms with van der Waals surface area (Å²) < 4.78 is 29.6. The molecule has 106 valence electrons. The number of amides is 1. The maximum Gasteiger partial charge on any atom is 0.233 e. The van der Waals surface area contributed by atoms with Crippen molar-refractivity contribution in [2.24, 2.45) is 0 Å². The second-order valence-corrected chi connectivity index (χ2v) is 5.29. The molecule has 19 heavy (non-hydrogen) atoms. The summed E-state index contributed by atoms with van der Waals surface area (Å²) in [6.07, 6.45) is 0.688. The number of rotatable bonds is 7. The van der Waals surface area contributed by atoms with E-state index in [9.17, 15) is 13.4 Å². The van der Waals surface area contributed by atoms with Crippen molar-refractivity contribution in [3.63, 3.8) is 0 Å². The lowest BCUT2D eigenvalue weighted by Crippen LogP contribution is -2.29. The molecule has 0 aromatic heterocycles. The van der Waals surface area contributed by atoms with Gasteiger partial charge in [-0.05, 0) is 24.6 Å². The SMILES string of the molecule is COCCCNC(=O)CS(=O)c1ccc(F)cc1N. The van der Waals surface area contributed by atoms with Crippen LogP contribution in [0.5, 0.6) is 0 Å². The third-order valence-electron chi connectivity index (χ3n) is 2.33. The summed E-state index contributed by atoms with van der Waals surface area (Å²) in [5.41, 5.74) is 5.64. The molecule has 0 bridgehead atoms. The number of methoxy groups -OCH3 is 1. The van der Waals surface area contributed by atoms with Crippen LogP contribution in [0.1, 0.15) is 6.42 Å². The maximum absolute atomic E-state index is 12.8. The minimum absolute atomic E-state index is 0.0884. The number of halogens is 1. The highest BCUT2D eigenvalue weighted by Gasteiger charge is 2.13. The van der Waals surface area contributed by atoms with Gasteiger partial charge in [-0.1, -0.05) is 0 Å². The van der Waals surface area contributed by atoms with Gasteiger partial charge in [0.15, 0.2) is 0 Å². The van der Waals surface area contributed by atoms with Crippen LogP contribution in [0.15, 0.2) is 23.1 Å². The molecule has 0 aliphatic heterocycles. The Morgan fingerprint density at radius 2 is 2.26 bits per heavy atom. The van der Waals surface area contributed by atoms with E-state index >= 15 is 0 Å². The van der Waals surface area contributed by atoms with Gasteiger partial charge in [-0.15, -0.1) is 0 Å². The third-order valence-corrected chi connectivity index (χ3v) is 3.71. The lowest BCUT2D eigenvalue weighted by atomic mass is 10.3. The Labute approximate surface area is 113 Å². The molecule has 0 fully saturated rings. The van der Waals surface area contributed by atoms with E-state index in [1.807, 2.05) is 0 Å². The van der Waals surface area contributed by atoms with Gasteiger partial charge in [0.05, 0.1) is 21.4 Å². The highest BCUT2D eigenvalue weighted by atomic mass is 32.2. The van der Waals surface area contributed by atoms with Gasteiger partial charge in [0.2, 0.25) is 5.91 Å². The van der Waals surface area contributed by atoms with Gasteiger partial charge >= 0.3 is 0 Å². The van der Waals surface area contributed by atoms with Gasteiger partial charge in [-0.3, -0.25) is 9.00 Å². The number of hydrogen-bond acceptors (Lipinski definition) is 4. The van der Waals surface area contributed by atoms with E-state index in [0.29, 0.717) is 19.6 Å². The molecule has 0 saturated heterocycles. The first-order valence-electron chi connectivity index (χ1n) is 5.73. The molecule has 1 aromatic rings. The molecule has 1 aromatic carbocycles. The number of carbonyl (C=O) groups excluding carboxylic acids is 1. The molecule has 1 atom stereocenters. The van der Waals surface area contributed by atoms with Gasteiger partial charge in [-0.2, -0.15) is 0 Å². The third kappa shape index (κ3) is 5.35. The normalized spacial score (nSPS) is 12.1. The van der Waals surface area contributed by atoms with Crippen molar-refractivity contribution in [1.29, 1.82) is 0 Å². The molecular weight excluding hydrogens is 271 g/mol. The summed E-state index contributed by atoms with van der Waals surface area (Å²) >= 11 is 0. The van der Waals surface area contributed by atoms with Crippen LogP contribution in [-0.4, -0.2) is 36.1 Å². The molecule has 3 N–H and O–H groups in total. The number of ether oxygens (including phenoxy) is 1. The Balaban J connectivity index is 2.48. The molecule has 0 aliphatic carbocycles. The molecule has 0 saturated carbocycles. The average molecular weight is 288 g/mol. The molecule has 5 nitrogen and oxygen atoms in total. The van der Waals surface area contributed by atoms with Crippen molar-refractivity contribution >= 4 is 22.4 Å². The summed E-state index contributed by atoms with van der Waals surface area (Å²) in [6, 6.07) is 3.59. The molecule has 0 radical (unpaired) electrons. The first-order chi connectivity index (χ1) is 9.04. The van der Waals surface area contributed by atoms with Crippen molar-refractivity contribution in [3.8, 4) is 0 Å². The molecule has 1 unspecified atom stereocenters. The smallest absolute Gasteiger partial charge is 0.233 e. The number of nitrogens with two attached hydrogens (primary N) is 1. The molecule has 0 heterocycles. The maximum atomic E-state index is 12.8. The summed E-state index contributed by atoms with van der Waals surface area (Å²) in [5.74, 6) is -1.02. The number of hydrogen-bond donors (Lipinski definition) is 2. The Morgan fingerprint density at radius 1 is 1.53 bits per heavy atom. The lowest BCUT2D eigenvalue weighted by Gasteiger charge is -2.07. The van der Waals surface area contributed by atoms with Gasteiger partial charge < -0.3 is 15.8 Å². The molecule has 7 heteroatoms. The predicted molar refractivity (Wildman–Crippen MR) is 71.6 cm³/mol. The fraction of sp³-hybridized carbons (Fsp3) is 0.417. The number of carbonyl (C=O) groups is 1. The van der Waals surface area contributed by atoms with Crippen molar-refractivity contribution in [3.05, 3.63) is 24.0 Å². The number of nitrogen functional groups attached to an aromatic ring is 1. The van der Waals surface area contributed by atoms with Crippen LogP contribution in [0.3, 0.4) is 0 Å². The summed E-state index contributed by atoms with van der Waals surface area (Å²) in [7, 11) is 0.00206. The number of nitrogens with one attached hydrogen (secondary N) is 1. The van der Waals surface area contributed by atoms with Gasteiger partial charge in [0, 0.05) is 20.3 Å². The van der Waals surface area contributed by atoms with Crippen LogP contribution in [0.25, 0.3) is 0 Å². The van der Waals surface area contributed by atoms with E-state index in [1.165, 1.54) is 12.1 Å². The molecular formula is C12H17FN2O3S. The minimum atomic E-state index is -1.58. The first-order valence-corrected chi connectivity index (χ1v) is 7.05. The zero-order chi connectivity index (χ0) is 14.3. The van der Waals surface area contributed by atoms with Gasteiger partial charge in [-0.25, -0.2) is 4.39 Å². The molecule has 0 spiro atoms. The second-order valence-electron chi connectivity index (χ2n) is 3.87. The fourth-order valence-electron chi connectivity index (χ4n) is 1.42. The van der Waals surface area contributed by atoms with E-state index in [-0.39, 0.29) is 22.2 Å². The van der Waals surface area contributed by atoms with Crippen LogP contribution < -0.4 is 11.1 Å². The van der Waals surface area contributed by atoms with E-state index in [0.717, 1.165) is 6.07 Å². The Kier molecular flexibility index (Phi) is 6.44. The monoisotopic (exact) mass is 288 g/mol. The number of anilines is 1. The topological polar surface area (TPSA) is 81.4 Å². The Bertz CT molecular complexity index is 468. The Morgan fingerprint density at radius 3 is 2.89 bits per heavy atom. The van der Waals surface area contributed by atoms with E-state index in [2.05, 4.69) is 5.32 Å². The van der Waals surface area contributed by atoms with E-state index in [4.69, 9.17) is 10.5 Å². The number of benzene rings is 1. The van der Waals surface area contributed by atoms with E-state index < -0.39 is 16.6 Å². The highest BCUT2D eigenvalue weighted by Crippen LogP contribution is 2.17. The first kappa shape index (κ1) is 15.6. The van der Waals surface area contributed by atoms with Crippen LogP contribution >= 0.6 is 0 Å². The summed E-state index contributed by atoms with van der Waals surface area (Å²) in [6.45, 7) is 1.01. The van der Waals surface area contributed by atoms with Crippen LogP contribution in [0, 0.1) is 5.82 Å². The zero-order valence-electron chi connectivity index (χ0n) is 10.6. The van der Waals surface area contributed by atoms with Crippen molar-refractivity contribution in [2.75, 3.05) is 31.7 Å². The van der Waals surface area contributed by atoms with Gasteiger partial charge in [0.25, 0.3) is 0 Å². The minimum Gasteiger partial charge on any atom is -0.398 e. The molecule has 0 aliphatic rings. The van der Waals surface area contributed by atoms with Crippen LogP contribution in [-0.2, 0) is 20.3 Å². The van der Waals surface area contributed by atoms with Crippen molar-refractivity contribution in [2.45, 2.75) is 11.3 Å². The molecule has 1 rings (SSSR count). The van der Waals surface area contributed by atoms with Crippen molar-refractivity contribution in [1.82, 2.24) is 5.32 Å². The summed E-state index contributed by atoms with van der Waals surface area (Å²) in [5, 5.41) is 2.62. The molecule has 1 amide bonds. The average Bonchev–Trinajstić information content (AvgIpc) is 2.34. The Hall–Kier alpha value is -1.47. The highest BCUT2D eigenvalue weighted by molar-refractivity contribution is 7.86. The zero-order valence-corrected chi connectivity index (χ0v) is 11.5. The van der Waals surface area contributed by atoms with Crippen molar-refractivity contribution < 1.29 is 18.1 Å². The standard InChI is InChI=1S/C12H17FN2O3S/c1-18-6-2-5-15-12(16)8-19(17)11-4-3-9(13)7-10(11)14/h3-4,7H,2,5-6,8,14H2,1H3,(H,15,16). The fourth-order valence-corrected chi connectivity index (χ4v) is 2.46.